The summed E-state index contributed by atoms with van der Waals surface area (Å²) in [5.74, 6) is 0.390. The van der Waals surface area contributed by atoms with Gasteiger partial charge in [0, 0.05) is 28.9 Å². The number of benzene rings is 1. The van der Waals surface area contributed by atoms with E-state index in [2.05, 4.69) is 25.5 Å². The number of anilines is 1. The van der Waals surface area contributed by atoms with Gasteiger partial charge in [-0.1, -0.05) is 0 Å². The van der Waals surface area contributed by atoms with Crippen LogP contribution in [0.25, 0.3) is 21.8 Å². The molecule has 3 aromatic heterocycles. The predicted octanol–water partition coefficient (Wildman–Crippen LogP) is 4.41. The molecule has 0 spiro atoms. The summed E-state index contributed by atoms with van der Waals surface area (Å²) in [6, 6.07) is 13.8. The van der Waals surface area contributed by atoms with Gasteiger partial charge in [0.2, 0.25) is 0 Å². The van der Waals surface area contributed by atoms with Crippen molar-refractivity contribution in [3.05, 3.63) is 77.8 Å². The molecule has 0 amide bonds. The van der Waals surface area contributed by atoms with Gasteiger partial charge in [-0.25, -0.2) is 9.37 Å². The maximum atomic E-state index is 13.0. The van der Waals surface area contributed by atoms with Crippen LogP contribution in [0.5, 0.6) is 0 Å². The maximum absolute atomic E-state index is 13.0. The van der Waals surface area contributed by atoms with Crippen LogP contribution in [-0.4, -0.2) is 20.2 Å². The number of nitrogens with zero attached hydrogens (tertiary/aromatic N) is 4. The zero-order valence-corrected chi connectivity index (χ0v) is 14.4. The van der Waals surface area contributed by atoms with E-state index in [0.29, 0.717) is 18.1 Å². The van der Waals surface area contributed by atoms with E-state index in [1.165, 1.54) is 12.1 Å². The Morgan fingerprint density at radius 2 is 1.85 bits per heavy atom. The molecule has 1 aromatic carbocycles. The Balaban J connectivity index is 1.41. The second-order valence-electron chi connectivity index (χ2n) is 5.55. The Morgan fingerprint density at radius 1 is 0.962 bits per heavy atom. The molecule has 0 fully saturated rings. The summed E-state index contributed by atoms with van der Waals surface area (Å²) in [5, 5.41) is 14.5. The van der Waals surface area contributed by atoms with Crippen LogP contribution in [0.15, 0.2) is 66.3 Å². The molecule has 0 radical (unpaired) electrons. The second-order valence-corrected chi connectivity index (χ2v) is 6.41. The Hall–Kier alpha value is -3.19. The maximum Gasteiger partial charge on any atom is 0.149 e. The molecular weight excluding hydrogens is 349 g/mol. The number of rotatable bonds is 5. The highest BCUT2D eigenvalue weighted by Crippen LogP contribution is 2.23. The van der Waals surface area contributed by atoms with Crippen molar-refractivity contribution in [2.24, 2.45) is 0 Å². The van der Waals surface area contributed by atoms with Crippen LogP contribution in [0, 0.1) is 5.82 Å². The van der Waals surface area contributed by atoms with Crippen molar-refractivity contribution in [2.75, 3.05) is 5.32 Å². The van der Waals surface area contributed by atoms with E-state index in [9.17, 15) is 4.39 Å². The number of hydrogen-bond donors (Lipinski definition) is 1. The van der Waals surface area contributed by atoms with Gasteiger partial charge in [-0.05, 0) is 48.5 Å². The molecule has 0 unspecified atom stereocenters. The summed E-state index contributed by atoms with van der Waals surface area (Å²) in [5.41, 5.74) is 3.46. The van der Waals surface area contributed by atoms with Gasteiger partial charge in [0.1, 0.15) is 16.6 Å². The van der Waals surface area contributed by atoms with Crippen molar-refractivity contribution in [1.82, 2.24) is 20.2 Å². The SMILES string of the molecule is Fc1ccc(-c2ccc(NCc3csc(-c4cccnc4)n3)nn2)cc1. The first kappa shape index (κ1) is 16.3. The number of nitrogens with one attached hydrogen (secondary N) is 1. The molecule has 5 nitrogen and oxygen atoms in total. The smallest absolute Gasteiger partial charge is 0.149 e. The molecule has 0 atom stereocenters. The molecule has 0 saturated carbocycles. The molecule has 1 N–H and O–H groups in total. The van der Waals surface area contributed by atoms with Crippen LogP contribution < -0.4 is 5.32 Å². The zero-order valence-electron chi connectivity index (χ0n) is 13.6. The molecule has 0 aliphatic heterocycles. The summed E-state index contributed by atoms with van der Waals surface area (Å²) in [7, 11) is 0. The third-order valence-corrected chi connectivity index (χ3v) is 4.66. The quantitative estimate of drug-likeness (QED) is 0.569. The second kappa shape index (κ2) is 7.37. The molecule has 26 heavy (non-hydrogen) atoms. The molecule has 4 aromatic rings. The number of pyridine rings is 1. The average Bonchev–Trinajstić information content (AvgIpc) is 3.17. The van der Waals surface area contributed by atoms with Gasteiger partial charge < -0.3 is 5.32 Å². The van der Waals surface area contributed by atoms with Crippen molar-refractivity contribution in [3.8, 4) is 21.8 Å². The fourth-order valence-electron chi connectivity index (χ4n) is 2.39. The van der Waals surface area contributed by atoms with Gasteiger partial charge in [0.05, 0.1) is 17.9 Å². The lowest BCUT2D eigenvalue weighted by Crippen LogP contribution is -2.03. The van der Waals surface area contributed by atoms with Crippen LogP contribution in [0.4, 0.5) is 10.2 Å². The van der Waals surface area contributed by atoms with Gasteiger partial charge in [0.15, 0.2) is 0 Å². The Kier molecular flexibility index (Phi) is 4.61. The van der Waals surface area contributed by atoms with E-state index < -0.39 is 0 Å². The summed E-state index contributed by atoms with van der Waals surface area (Å²) in [6.07, 6.45) is 3.55. The Labute approximate surface area is 153 Å². The van der Waals surface area contributed by atoms with Crippen molar-refractivity contribution >= 4 is 17.2 Å². The van der Waals surface area contributed by atoms with Gasteiger partial charge in [-0.2, -0.15) is 0 Å². The van der Waals surface area contributed by atoms with Crippen molar-refractivity contribution in [2.45, 2.75) is 6.54 Å². The van der Waals surface area contributed by atoms with Gasteiger partial charge in [-0.3, -0.25) is 4.98 Å². The highest BCUT2D eigenvalue weighted by molar-refractivity contribution is 7.13. The van der Waals surface area contributed by atoms with E-state index >= 15 is 0 Å². The predicted molar refractivity (Wildman–Crippen MR) is 100 cm³/mol. The average molecular weight is 363 g/mol. The van der Waals surface area contributed by atoms with Crippen molar-refractivity contribution < 1.29 is 4.39 Å². The number of aromatic nitrogens is 4. The van der Waals surface area contributed by atoms with Crippen LogP contribution in [0.2, 0.25) is 0 Å². The highest BCUT2D eigenvalue weighted by Gasteiger charge is 2.06. The lowest BCUT2D eigenvalue weighted by Gasteiger charge is -2.04. The summed E-state index contributed by atoms with van der Waals surface area (Å²) >= 11 is 1.58. The van der Waals surface area contributed by atoms with Crippen molar-refractivity contribution in [1.29, 1.82) is 0 Å². The standard InChI is InChI=1S/C19H14FN5S/c20-15-5-3-13(4-6-15)17-7-8-18(25-24-17)22-11-16-12-26-19(23-16)14-2-1-9-21-10-14/h1-10,12H,11H2,(H,22,25). The molecule has 0 bridgehead atoms. The first-order valence-electron chi connectivity index (χ1n) is 7.96. The Bertz CT molecular complexity index is 985. The summed E-state index contributed by atoms with van der Waals surface area (Å²) in [6.45, 7) is 0.557. The third kappa shape index (κ3) is 3.73. The summed E-state index contributed by atoms with van der Waals surface area (Å²) < 4.78 is 13.0. The van der Waals surface area contributed by atoms with Crippen LogP contribution in [-0.2, 0) is 6.54 Å². The minimum Gasteiger partial charge on any atom is -0.363 e. The topological polar surface area (TPSA) is 63.6 Å². The minimum atomic E-state index is -0.270. The number of hydrogen-bond acceptors (Lipinski definition) is 6. The molecule has 128 valence electrons. The fourth-order valence-corrected chi connectivity index (χ4v) is 3.20. The summed E-state index contributed by atoms with van der Waals surface area (Å²) in [4.78, 5) is 8.72. The Morgan fingerprint density at radius 3 is 2.58 bits per heavy atom. The fraction of sp³-hybridized carbons (Fsp3) is 0.0526. The number of halogens is 1. The molecule has 7 heteroatoms. The van der Waals surface area contributed by atoms with Crippen LogP contribution >= 0.6 is 11.3 Å². The van der Waals surface area contributed by atoms with E-state index in [4.69, 9.17) is 0 Å². The van der Waals surface area contributed by atoms with Gasteiger partial charge in [-0.15, -0.1) is 21.5 Å². The lowest BCUT2D eigenvalue weighted by molar-refractivity contribution is 0.628. The van der Waals surface area contributed by atoms with E-state index in [1.54, 1.807) is 35.9 Å². The minimum absolute atomic E-state index is 0.270. The van der Waals surface area contributed by atoms with E-state index in [-0.39, 0.29) is 5.82 Å². The largest absolute Gasteiger partial charge is 0.363 e. The van der Waals surface area contributed by atoms with Crippen molar-refractivity contribution in [3.63, 3.8) is 0 Å². The molecule has 4 rings (SSSR count). The third-order valence-electron chi connectivity index (χ3n) is 3.72. The van der Waals surface area contributed by atoms with Gasteiger partial charge >= 0.3 is 0 Å². The molecule has 3 heterocycles. The van der Waals surface area contributed by atoms with E-state index in [1.807, 2.05) is 29.6 Å². The monoisotopic (exact) mass is 363 g/mol. The zero-order chi connectivity index (χ0) is 17.8. The van der Waals surface area contributed by atoms with Crippen LogP contribution in [0.3, 0.4) is 0 Å². The lowest BCUT2D eigenvalue weighted by atomic mass is 10.1. The number of thiazole rings is 1. The van der Waals surface area contributed by atoms with Gasteiger partial charge in [0.25, 0.3) is 0 Å². The highest BCUT2D eigenvalue weighted by atomic mass is 32.1. The first-order chi connectivity index (χ1) is 12.8. The van der Waals surface area contributed by atoms with E-state index in [0.717, 1.165) is 21.8 Å². The normalized spacial score (nSPS) is 10.7. The first-order valence-corrected chi connectivity index (χ1v) is 8.84. The molecule has 0 aliphatic carbocycles. The molecular formula is C19H14FN5S. The molecule has 0 saturated heterocycles. The molecule has 0 aliphatic rings. The van der Waals surface area contributed by atoms with Crippen LogP contribution in [0.1, 0.15) is 5.69 Å².